The van der Waals surface area contributed by atoms with Crippen LogP contribution in [0.4, 0.5) is 0 Å². The number of aliphatic carboxylic acids is 1. The quantitative estimate of drug-likeness (QED) is 0.330. The molecule has 6 nitrogen and oxygen atoms in total. The van der Waals surface area contributed by atoms with Gasteiger partial charge in [0.25, 0.3) is 5.91 Å². The third kappa shape index (κ3) is 4.46. The molecule has 1 N–H and O–H groups in total. The van der Waals surface area contributed by atoms with E-state index in [4.69, 9.17) is 9.94 Å². The van der Waals surface area contributed by atoms with Crippen molar-refractivity contribution in [2.45, 2.75) is 25.9 Å². The lowest BCUT2D eigenvalue weighted by molar-refractivity contribution is -0.142. The fourth-order valence-corrected chi connectivity index (χ4v) is 3.12. The van der Waals surface area contributed by atoms with Crippen molar-refractivity contribution in [1.82, 2.24) is 4.90 Å². The van der Waals surface area contributed by atoms with Crippen LogP contribution in [-0.4, -0.2) is 34.2 Å². The van der Waals surface area contributed by atoms with Crippen molar-refractivity contribution >= 4 is 17.6 Å². The second-order valence-corrected chi connectivity index (χ2v) is 6.43. The van der Waals surface area contributed by atoms with Gasteiger partial charge in [0.15, 0.2) is 0 Å². The van der Waals surface area contributed by atoms with E-state index < -0.39 is 12.6 Å². The predicted molar refractivity (Wildman–Crippen MR) is 106 cm³/mol. The molecular weight excluding hydrogens is 356 g/mol. The highest BCUT2D eigenvalue weighted by Crippen LogP contribution is 2.40. The van der Waals surface area contributed by atoms with E-state index in [0.29, 0.717) is 24.3 Å². The highest BCUT2D eigenvalue weighted by molar-refractivity contribution is 6.08. The second kappa shape index (κ2) is 8.99. The number of carboxylic acids is 1. The summed E-state index contributed by atoms with van der Waals surface area (Å²) >= 11 is 0. The molecule has 1 amide bonds. The van der Waals surface area contributed by atoms with Gasteiger partial charge in [0.05, 0.1) is 11.8 Å². The molecule has 0 radical (unpaired) electrons. The minimum atomic E-state index is -1.09. The van der Waals surface area contributed by atoms with Crippen LogP contribution in [0, 0.1) is 0 Å². The summed E-state index contributed by atoms with van der Waals surface area (Å²) in [6, 6.07) is 19.5. The van der Waals surface area contributed by atoms with Gasteiger partial charge >= 0.3 is 5.97 Å². The Morgan fingerprint density at radius 3 is 2.39 bits per heavy atom. The molecule has 2 aromatic rings. The highest BCUT2D eigenvalue weighted by atomic mass is 16.6. The Morgan fingerprint density at radius 2 is 1.79 bits per heavy atom. The number of carbonyl (C=O) groups is 2. The maximum absolute atomic E-state index is 12.9. The van der Waals surface area contributed by atoms with Gasteiger partial charge in [0.1, 0.15) is 0 Å². The van der Waals surface area contributed by atoms with E-state index >= 15 is 0 Å². The van der Waals surface area contributed by atoms with E-state index in [-0.39, 0.29) is 11.9 Å². The zero-order valence-electron chi connectivity index (χ0n) is 15.6. The number of amides is 1. The molecule has 0 spiro atoms. The van der Waals surface area contributed by atoms with E-state index in [0.717, 1.165) is 11.1 Å². The van der Waals surface area contributed by atoms with Crippen LogP contribution in [0.25, 0.3) is 0 Å². The molecule has 1 heterocycles. The number of carbonyl (C=O) groups excluding carboxylic acids is 1. The first-order valence-electron chi connectivity index (χ1n) is 9.12. The number of carboxylic acid groups (broad SMARTS) is 1. The highest BCUT2D eigenvalue weighted by Gasteiger charge is 2.42. The average molecular weight is 378 g/mol. The molecule has 1 unspecified atom stereocenters. The number of hydrogen-bond donors (Lipinski definition) is 1. The topological polar surface area (TPSA) is 79.2 Å². The molecule has 2 aromatic carbocycles. The van der Waals surface area contributed by atoms with E-state index in [1.54, 1.807) is 6.08 Å². The molecule has 1 fully saturated rings. The van der Waals surface area contributed by atoms with Crippen molar-refractivity contribution in [2.75, 3.05) is 6.61 Å². The Hall–Kier alpha value is -3.41. The first-order valence-corrected chi connectivity index (χ1v) is 9.12. The van der Waals surface area contributed by atoms with E-state index in [1.807, 2.05) is 72.5 Å². The van der Waals surface area contributed by atoms with Crippen LogP contribution >= 0.6 is 0 Å². The largest absolute Gasteiger partial charge is 0.479 e. The minimum Gasteiger partial charge on any atom is -0.479 e. The van der Waals surface area contributed by atoms with Gasteiger partial charge in [0, 0.05) is 12.1 Å². The van der Waals surface area contributed by atoms with Crippen molar-refractivity contribution in [1.29, 1.82) is 0 Å². The van der Waals surface area contributed by atoms with Crippen molar-refractivity contribution in [3.8, 4) is 0 Å². The molecule has 1 aliphatic heterocycles. The lowest BCUT2D eigenvalue weighted by Crippen LogP contribution is -2.48. The number of hydrogen-bond acceptors (Lipinski definition) is 4. The SMILES string of the molecule is CCC(/C=C1\C(=O)N(Cc2ccccc2)C1c1ccccc1)=N/OCC(=O)O. The molecule has 3 rings (SSSR count). The van der Waals surface area contributed by atoms with Gasteiger partial charge in [-0.3, -0.25) is 4.79 Å². The number of allylic oxidation sites excluding steroid dienone is 1. The monoisotopic (exact) mass is 378 g/mol. The summed E-state index contributed by atoms with van der Waals surface area (Å²) in [5, 5.41) is 12.5. The minimum absolute atomic E-state index is 0.0582. The molecule has 144 valence electrons. The van der Waals surface area contributed by atoms with Crippen molar-refractivity contribution in [3.63, 3.8) is 0 Å². The molecule has 0 bridgehead atoms. The number of β-lactam (4-membered cyclic amide) rings is 1. The molecule has 1 atom stereocenters. The van der Waals surface area contributed by atoms with E-state index in [9.17, 15) is 9.59 Å². The van der Waals surface area contributed by atoms with Crippen LogP contribution in [0.2, 0.25) is 0 Å². The van der Waals surface area contributed by atoms with Crippen LogP contribution in [0.3, 0.4) is 0 Å². The molecule has 0 saturated carbocycles. The summed E-state index contributed by atoms with van der Waals surface area (Å²) in [6.07, 6.45) is 2.24. The lowest BCUT2D eigenvalue weighted by atomic mass is 9.86. The summed E-state index contributed by atoms with van der Waals surface area (Å²) in [7, 11) is 0. The normalized spacial score (nSPS) is 18.1. The predicted octanol–water partition coefficient (Wildman–Crippen LogP) is 3.56. The number of nitrogens with zero attached hydrogens (tertiary/aromatic N) is 2. The van der Waals surface area contributed by atoms with Gasteiger partial charge in [0.2, 0.25) is 6.61 Å². The second-order valence-electron chi connectivity index (χ2n) is 6.43. The van der Waals surface area contributed by atoms with Crippen LogP contribution in [-0.2, 0) is 21.0 Å². The maximum atomic E-state index is 12.9. The Balaban J connectivity index is 1.87. The van der Waals surface area contributed by atoms with Gasteiger partial charge in [-0.05, 0) is 23.6 Å². The third-order valence-corrected chi connectivity index (χ3v) is 4.48. The standard InChI is InChI=1S/C22H22N2O4/c1-2-18(23-28-15-20(25)26)13-19-21(17-11-7-4-8-12-17)24(22(19)27)14-16-9-5-3-6-10-16/h3-13,21H,2,14-15H2,1H3,(H,25,26)/b19-13-,23-18-. The Bertz CT molecular complexity index is 891. The van der Waals surface area contributed by atoms with Gasteiger partial charge in [-0.2, -0.15) is 0 Å². The maximum Gasteiger partial charge on any atom is 0.344 e. The molecule has 0 aromatic heterocycles. The first kappa shape index (κ1) is 19.4. The Kier molecular flexibility index (Phi) is 6.22. The summed E-state index contributed by atoms with van der Waals surface area (Å²) < 4.78 is 0. The molecule has 0 aliphatic carbocycles. The van der Waals surface area contributed by atoms with Gasteiger partial charge in [-0.1, -0.05) is 72.7 Å². The van der Waals surface area contributed by atoms with Crippen LogP contribution < -0.4 is 0 Å². The molecule has 6 heteroatoms. The fraction of sp³-hybridized carbons (Fsp3) is 0.227. The summed E-state index contributed by atoms with van der Waals surface area (Å²) in [5.41, 5.74) is 3.24. The number of benzene rings is 2. The van der Waals surface area contributed by atoms with Crippen LogP contribution in [0.1, 0.15) is 30.5 Å². The third-order valence-electron chi connectivity index (χ3n) is 4.48. The number of rotatable bonds is 8. The van der Waals surface area contributed by atoms with E-state index in [1.165, 1.54) is 0 Å². The van der Waals surface area contributed by atoms with Crippen molar-refractivity contribution < 1.29 is 19.5 Å². The van der Waals surface area contributed by atoms with E-state index in [2.05, 4.69) is 5.16 Å². The first-order chi connectivity index (χ1) is 13.6. The zero-order valence-corrected chi connectivity index (χ0v) is 15.6. The summed E-state index contributed by atoms with van der Waals surface area (Å²) in [6.45, 7) is 1.88. The number of likely N-dealkylation sites (tertiary alicyclic amines) is 1. The summed E-state index contributed by atoms with van der Waals surface area (Å²) in [5.74, 6) is -1.15. The molecular formula is C22H22N2O4. The van der Waals surface area contributed by atoms with Gasteiger partial charge in [-0.25, -0.2) is 4.79 Å². The van der Waals surface area contributed by atoms with Gasteiger partial charge < -0.3 is 14.8 Å². The lowest BCUT2D eigenvalue weighted by Gasteiger charge is -2.43. The average Bonchev–Trinajstić information content (AvgIpc) is 2.72. The smallest absolute Gasteiger partial charge is 0.344 e. The van der Waals surface area contributed by atoms with Crippen molar-refractivity contribution in [3.05, 3.63) is 83.4 Å². The van der Waals surface area contributed by atoms with Gasteiger partial charge in [-0.15, -0.1) is 0 Å². The number of oxime groups is 1. The molecule has 28 heavy (non-hydrogen) atoms. The Labute approximate surface area is 163 Å². The fourth-order valence-electron chi connectivity index (χ4n) is 3.12. The molecule has 1 aliphatic rings. The van der Waals surface area contributed by atoms with Crippen LogP contribution in [0.5, 0.6) is 0 Å². The molecule has 1 saturated heterocycles. The van der Waals surface area contributed by atoms with Crippen LogP contribution in [0.15, 0.2) is 77.5 Å². The zero-order chi connectivity index (χ0) is 19.9. The summed E-state index contributed by atoms with van der Waals surface area (Å²) in [4.78, 5) is 30.1. The Morgan fingerprint density at radius 1 is 1.14 bits per heavy atom. The van der Waals surface area contributed by atoms with Crippen molar-refractivity contribution in [2.24, 2.45) is 5.16 Å².